The minimum absolute atomic E-state index is 0.118. The summed E-state index contributed by atoms with van der Waals surface area (Å²) in [4.78, 5) is 15.3. The van der Waals surface area contributed by atoms with E-state index in [0.717, 1.165) is 5.56 Å². The highest BCUT2D eigenvalue weighted by Crippen LogP contribution is 2.11. The molecule has 0 unspecified atom stereocenters. The third-order valence-corrected chi connectivity index (χ3v) is 2.69. The number of hydrogen-bond donors (Lipinski definition) is 1. The monoisotopic (exact) mass is 272 g/mol. The molecule has 102 valence electrons. The summed E-state index contributed by atoms with van der Waals surface area (Å²) in [6, 6.07) is 4.51. The molecule has 0 atom stereocenters. The molecule has 0 radical (unpaired) electrons. The van der Waals surface area contributed by atoms with Crippen molar-refractivity contribution < 1.29 is 9.50 Å². The van der Waals surface area contributed by atoms with Crippen LogP contribution in [0.2, 0.25) is 0 Å². The van der Waals surface area contributed by atoms with E-state index in [2.05, 4.69) is 16.8 Å². The van der Waals surface area contributed by atoms with Gasteiger partial charge in [-0.2, -0.15) is 0 Å². The van der Waals surface area contributed by atoms with Crippen molar-refractivity contribution in [3.05, 3.63) is 63.6 Å². The summed E-state index contributed by atoms with van der Waals surface area (Å²) in [6.07, 6.45) is 3.11. The normalized spacial score (nSPS) is 9.95. The second kappa shape index (κ2) is 6.13. The van der Waals surface area contributed by atoms with Crippen molar-refractivity contribution in [3.8, 4) is 11.8 Å². The molecule has 1 aromatic carbocycles. The van der Waals surface area contributed by atoms with Crippen LogP contribution in [0.3, 0.4) is 0 Å². The SMILES string of the molecule is Cc1cnc(=O)n(Cc2ccc(C#CCO)cc2F)c1. The lowest BCUT2D eigenvalue weighted by molar-refractivity contribution is 0.350. The average Bonchev–Trinajstić information content (AvgIpc) is 2.43. The highest BCUT2D eigenvalue weighted by Gasteiger charge is 2.05. The van der Waals surface area contributed by atoms with Crippen LogP contribution >= 0.6 is 0 Å². The Balaban J connectivity index is 2.30. The zero-order valence-electron chi connectivity index (χ0n) is 10.9. The van der Waals surface area contributed by atoms with E-state index in [9.17, 15) is 9.18 Å². The predicted octanol–water partition coefficient (Wildman–Crippen LogP) is 1.08. The second-order valence-corrected chi connectivity index (χ2v) is 4.31. The van der Waals surface area contributed by atoms with Crippen molar-refractivity contribution in [1.29, 1.82) is 0 Å². The molecule has 0 aliphatic rings. The second-order valence-electron chi connectivity index (χ2n) is 4.31. The van der Waals surface area contributed by atoms with Gasteiger partial charge in [0.2, 0.25) is 0 Å². The molecule has 0 spiro atoms. The van der Waals surface area contributed by atoms with Crippen molar-refractivity contribution in [1.82, 2.24) is 9.55 Å². The zero-order valence-corrected chi connectivity index (χ0v) is 10.9. The minimum Gasteiger partial charge on any atom is -0.384 e. The summed E-state index contributed by atoms with van der Waals surface area (Å²) < 4.78 is 15.3. The fraction of sp³-hybridized carbons (Fsp3) is 0.200. The van der Waals surface area contributed by atoms with Gasteiger partial charge in [0.05, 0.1) is 6.54 Å². The number of hydrogen-bond acceptors (Lipinski definition) is 3. The fourth-order valence-electron chi connectivity index (χ4n) is 1.76. The maximum absolute atomic E-state index is 13.9. The van der Waals surface area contributed by atoms with Crippen molar-refractivity contribution in [2.24, 2.45) is 0 Å². The summed E-state index contributed by atoms with van der Waals surface area (Å²) in [5.41, 5.74) is 1.28. The Bertz CT molecular complexity index is 742. The van der Waals surface area contributed by atoms with Gasteiger partial charge < -0.3 is 5.11 Å². The molecule has 2 aromatic rings. The van der Waals surface area contributed by atoms with Crippen LogP contribution in [-0.4, -0.2) is 21.3 Å². The van der Waals surface area contributed by atoms with Crippen LogP contribution in [0.15, 0.2) is 35.4 Å². The van der Waals surface area contributed by atoms with Crippen LogP contribution in [0.1, 0.15) is 16.7 Å². The summed E-state index contributed by atoms with van der Waals surface area (Å²) in [7, 11) is 0. The molecule has 0 amide bonds. The van der Waals surface area contributed by atoms with Gasteiger partial charge in [-0.1, -0.05) is 17.9 Å². The lowest BCUT2D eigenvalue weighted by atomic mass is 10.1. The van der Waals surface area contributed by atoms with Gasteiger partial charge >= 0.3 is 5.69 Å². The molecule has 1 N–H and O–H groups in total. The van der Waals surface area contributed by atoms with E-state index in [1.807, 2.05) is 6.92 Å². The smallest absolute Gasteiger partial charge is 0.347 e. The minimum atomic E-state index is -0.442. The predicted molar refractivity (Wildman–Crippen MR) is 72.7 cm³/mol. The van der Waals surface area contributed by atoms with Crippen molar-refractivity contribution in [2.75, 3.05) is 6.61 Å². The van der Waals surface area contributed by atoms with E-state index in [1.54, 1.807) is 18.3 Å². The molecule has 0 bridgehead atoms. The number of rotatable bonds is 2. The fourth-order valence-corrected chi connectivity index (χ4v) is 1.76. The number of aryl methyl sites for hydroxylation is 1. The van der Waals surface area contributed by atoms with E-state index >= 15 is 0 Å². The Morgan fingerprint density at radius 3 is 2.95 bits per heavy atom. The van der Waals surface area contributed by atoms with Gasteiger partial charge in [0.1, 0.15) is 12.4 Å². The van der Waals surface area contributed by atoms with Gasteiger partial charge in [-0.25, -0.2) is 14.2 Å². The van der Waals surface area contributed by atoms with Gasteiger partial charge in [0.15, 0.2) is 0 Å². The van der Waals surface area contributed by atoms with Gasteiger partial charge in [0, 0.05) is 23.5 Å². The summed E-state index contributed by atoms with van der Waals surface area (Å²) in [5, 5.41) is 8.59. The first-order valence-corrected chi connectivity index (χ1v) is 6.01. The number of nitrogens with zero attached hydrogens (tertiary/aromatic N) is 2. The Morgan fingerprint density at radius 2 is 2.25 bits per heavy atom. The lowest BCUT2D eigenvalue weighted by Gasteiger charge is -2.07. The maximum atomic E-state index is 13.9. The number of aromatic nitrogens is 2. The molecule has 0 aliphatic heterocycles. The number of aliphatic hydroxyl groups excluding tert-OH is 1. The van der Waals surface area contributed by atoms with E-state index < -0.39 is 11.5 Å². The molecule has 1 heterocycles. The molecule has 0 fully saturated rings. The molecule has 4 nitrogen and oxygen atoms in total. The van der Waals surface area contributed by atoms with Crippen LogP contribution in [0, 0.1) is 24.6 Å². The average molecular weight is 272 g/mol. The number of halogens is 1. The summed E-state index contributed by atoms with van der Waals surface area (Å²) in [5.74, 6) is 4.64. The van der Waals surface area contributed by atoms with E-state index in [1.165, 1.54) is 16.8 Å². The number of benzene rings is 1. The van der Waals surface area contributed by atoms with Crippen LogP contribution in [0.5, 0.6) is 0 Å². The first-order valence-electron chi connectivity index (χ1n) is 6.01. The molecule has 1 aromatic heterocycles. The molecular formula is C15H13FN2O2. The molecule has 0 saturated heterocycles. The third kappa shape index (κ3) is 3.31. The summed E-state index contributed by atoms with van der Waals surface area (Å²) in [6.45, 7) is 1.66. The highest BCUT2D eigenvalue weighted by atomic mass is 19.1. The summed E-state index contributed by atoms with van der Waals surface area (Å²) >= 11 is 0. The van der Waals surface area contributed by atoms with Crippen LogP contribution in [-0.2, 0) is 6.54 Å². The van der Waals surface area contributed by atoms with Gasteiger partial charge in [0.25, 0.3) is 0 Å². The first-order chi connectivity index (χ1) is 9.60. The Labute approximate surface area is 115 Å². The number of aliphatic hydroxyl groups is 1. The Hall–Kier alpha value is -2.45. The quantitative estimate of drug-likeness (QED) is 0.832. The van der Waals surface area contributed by atoms with E-state index in [-0.39, 0.29) is 13.2 Å². The maximum Gasteiger partial charge on any atom is 0.347 e. The third-order valence-electron chi connectivity index (χ3n) is 2.69. The molecule has 0 aliphatic carbocycles. The molecule has 5 heteroatoms. The molecular weight excluding hydrogens is 259 g/mol. The molecule has 20 heavy (non-hydrogen) atoms. The highest BCUT2D eigenvalue weighted by molar-refractivity contribution is 5.37. The van der Waals surface area contributed by atoms with Crippen LogP contribution in [0.4, 0.5) is 4.39 Å². The topological polar surface area (TPSA) is 55.1 Å². The van der Waals surface area contributed by atoms with Gasteiger partial charge in [-0.05, 0) is 24.6 Å². The van der Waals surface area contributed by atoms with Crippen LogP contribution < -0.4 is 5.69 Å². The molecule has 2 rings (SSSR count). The van der Waals surface area contributed by atoms with E-state index in [0.29, 0.717) is 11.1 Å². The van der Waals surface area contributed by atoms with Gasteiger partial charge in [-0.15, -0.1) is 0 Å². The Kier molecular flexibility index (Phi) is 4.28. The van der Waals surface area contributed by atoms with Gasteiger partial charge in [-0.3, -0.25) is 4.57 Å². The Morgan fingerprint density at radius 1 is 1.45 bits per heavy atom. The molecule has 0 saturated carbocycles. The lowest BCUT2D eigenvalue weighted by Crippen LogP contribution is -2.23. The zero-order chi connectivity index (χ0) is 14.5. The van der Waals surface area contributed by atoms with Crippen LogP contribution in [0.25, 0.3) is 0 Å². The van der Waals surface area contributed by atoms with E-state index in [4.69, 9.17) is 5.11 Å². The van der Waals surface area contributed by atoms with Crippen molar-refractivity contribution in [3.63, 3.8) is 0 Å². The van der Waals surface area contributed by atoms with Crippen molar-refractivity contribution >= 4 is 0 Å². The standard InChI is InChI=1S/C15H13FN2O2/c1-11-8-17-15(20)18(9-11)10-13-5-4-12(3-2-6-19)7-14(13)16/h4-5,7-9,19H,6,10H2,1H3. The van der Waals surface area contributed by atoms with Crippen molar-refractivity contribution in [2.45, 2.75) is 13.5 Å². The first kappa shape index (κ1) is 14.0. The largest absolute Gasteiger partial charge is 0.384 e.